The van der Waals surface area contributed by atoms with Crippen molar-refractivity contribution in [3.05, 3.63) is 0 Å². The fourth-order valence-electron chi connectivity index (χ4n) is 6.01. The SMILES string of the molecule is CC(C)C[C@H](NC(=O)[C@H](CC(=O)O)NC(=O)[C@@H](N)CCC(=O)O)C(=O)N[C@@H](CO)C(=O)N[C@@H](CCCN=C(N)N)C(=O)N[C@@H](CC(C)C)C(=O)N1CCC[C@H]1C(=O)O. The van der Waals surface area contributed by atoms with Crippen LogP contribution in [0.4, 0.5) is 0 Å². The molecule has 328 valence electrons. The summed E-state index contributed by atoms with van der Waals surface area (Å²) in [5, 5.41) is 50.0. The van der Waals surface area contributed by atoms with Crippen molar-refractivity contribution < 1.29 is 63.6 Å². The van der Waals surface area contributed by atoms with Gasteiger partial charge < -0.3 is 69.1 Å². The molecule has 1 heterocycles. The highest BCUT2D eigenvalue weighted by atomic mass is 16.4. The van der Waals surface area contributed by atoms with Crippen molar-refractivity contribution in [3.63, 3.8) is 0 Å². The average Bonchev–Trinajstić information content (AvgIpc) is 3.62. The lowest BCUT2D eigenvalue weighted by molar-refractivity contribution is -0.149. The number of guanidine groups is 1. The number of carboxylic acids is 3. The number of carbonyl (C=O) groups is 9. The van der Waals surface area contributed by atoms with Crippen LogP contribution in [-0.2, 0) is 43.2 Å². The first-order valence-electron chi connectivity index (χ1n) is 19.0. The van der Waals surface area contributed by atoms with Crippen LogP contribution in [0.5, 0.6) is 0 Å². The number of aliphatic hydroxyl groups excluding tert-OH is 1. The quantitative estimate of drug-likeness (QED) is 0.0227. The minimum atomic E-state index is -1.75. The smallest absolute Gasteiger partial charge is 0.326 e. The largest absolute Gasteiger partial charge is 0.481 e. The highest BCUT2D eigenvalue weighted by Gasteiger charge is 2.39. The summed E-state index contributed by atoms with van der Waals surface area (Å²) in [6.07, 6.45) is -0.907. The lowest BCUT2D eigenvalue weighted by Gasteiger charge is -2.30. The zero-order chi connectivity index (χ0) is 44.3. The number of aliphatic hydroxyl groups is 1. The Kier molecular flexibility index (Phi) is 21.7. The van der Waals surface area contributed by atoms with Gasteiger partial charge in [0.2, 0.25) is 35.4 Å². The summed E-state index contributed by atoms with van der Waals surface area (Å²) in [5.41, 5.74) is 16.5. The molecular weight excluding hydrogens is 768 g/mol. The molecule has 23 heteroatoms. The van der Waals surface area contributed by atoms with Crippen molar-refractivity contribution >= 4 is 59.3 Å². The summed E-state index contributed by atoms with van der Waals surface area (Å²) < 4.78 is 0. The Morgan fingerprint density at radius 3 is 1.72 bits per heavy atom. The Bertz CT molecular complexity index is 1500. The number of hydrogen-bond donors (Lipinski definition) is 12. The molecule has 7 atom stereocenters. The summed E-state index contributed by atoms with van der Waals surface area (Å²) in [7, 11) is 0. The second kappa shape index (κ2) is 24.9. The Balaban J connectivity index is 3.27. The van der Waals surface area contributed by atoms with Crippen LogP contribution in [0.2, 0.25) is 0 Å². The highest BCUT2D eigenvalue weighted by molar-refractivity contribution is 5.98. The summed E-state index contributed by atoms with van der Waals surface area (Å²) in [4.78, 5) is 119. The van der Waals surface area contributed by atoms with Crippen molar-refractivity contribution in [2.45, 2.75) is 128 Å². The van der Waals surface area contributed by atoms with Crippen molar-refractivity contribution in [2.24, 2.45) is 34.0 Å². The van der Waals surface area contributed by atoms with E-state index in [2.05, 4.69) is 31.6 Å². The van der Waals surface area contributed by atoms with Crippen LogP contribution in [0.25, 0.3) is 0 Å². The molecule has 0 bridgehead atoms. The molecule has 23 nitrogen and oxygen atoms in total. The Morgan fingerprint density at radius 2 is 1.19 bits per heavy atom. The first-order chi connectivity index (χ1) is 27.1. The lowest BCUT2D eigenvalue weighted by Crippen LogP contribution is -2.60. The van der Waals surface area contributed by atoms with Gasteiger partial charge in [0.1, 0.15) is 36.3 Å². The van der Waals surface area contributed by atoms with E-state index in [-0.39, 0.29) is 69.4 Å². The first kappa shape index (κ1) is 50.4. The number of carbonyl (C=O) groups excluding carboxylic acids is 6. The standard InChI is InChI=1S/C35H60N10O13/c1-17(2)13-21(42-31(54)22(15-27(49)50)41-28(51)19(36)9-10-26(47)48)30(53)44-24(16-46)32(55)40-20(7-5-11-39-35(37)38)29(52)43-23(14-18(3)4)33(56)45-12-6-8-25(45)34(57)58/h17-25,46H,5-16,36H2,1-4H3,(H,40,55)(H,41,51)(H,42,54)(H,43,52)(H,44,53)(H,47,48)(H,49,50)(H,57,58)(H4,37,38,39)/t19-,20-,21-,22-,23-,24-,25-/m0/s1. The van der Waals surface area contributed by atoms with Gasteiger partial charge >= 0.3 is 17.9 Å². The third kappa shape index (κ3) is 18.1. The van der Waals surface area contributed by atoms with Crippen LogP contribution in [0.15, 0.2) is 4.99 Å². The number of rotatable bonds is 26. The monoisotopic (exact) mass is 828 g/mol. The van der Waals surface area contributed by atoms with Crippen molar-refractivity contribution in [3.8, 4) is 0 Å². The van der Waals surface area contributed by atoms with Gasteiger partial charge in [0, 0.05) is 19.5 Å². The minimum Gasteiger partial charge on any atom is -0.481 e. The van der Waals surface area contributed by atoms with Crippen LogP contribution < -0.4 is 43.8 Å². The molecule has 0 aromatic heterocycles. The van der Waals surface area contributed by atoms with Crippen LogP contribution in [0.1, 0.15) is 85.5 Å². The van der Waals surface area contributed by atoms with Gasteiger partial charge in [0.05, 0.1) is 19.1 Å². The number of likely N-dealkylation sites (tertiary alicyclic amines) is 1. The molecule has 0 saturated carbocycles. The fraction of sp³-hybridized carbons (Fsp3) is 0.714. The van der Waals surface area contributed by atoms with E-state index < -0.39 is 115 Å². The van der Waals surface area contributed by atoms with Crippen molar-refractivity contribution in [1.82, 2.24) is 31.5 Å². The van der Waals surface area contributed by atoms with Gasteiger partial charge in [-0.1, -0.05) is 27.7 Å². The van der Waals surface area contributed by atoms with Crippen LogP contribution in [0, 0.1) is 11.8 Å². The molecule has 1 saturated heterocycles. The summed E-state index contributed by atoms with van der Waals surface area (Å²) in [5.74, 6) is -10.2. The van der Waals surface area contributed by atoms with Gasteiger partial charge in [-0.05, 0) is 56.8 Å². The summed E-state index contributed by atoms with van der Waals surface area (Å²) in [6.45, 7) is 6.20. The van der Waals surface area contributed by atoms with E-state index >= 15 is 0 Å². The Labute approximate surface area is 335 Å². The average molecular weight is 829 g/mol. The van der Waals surface area contributed by atoms with Gasteiger partial charge in [0.25, 0.3) is 0 Å². The molecule has 1 fully saturated rings. The van der Waals surface area contributed by atoms with E-state index in [1.165, 1.54) is 4.90 Å². The van der Waals surface area contributed by atoms with Gasteiger partial charge in [-0.3, -0.25) is 43.3 Å². The minimum absolute atomic E-state index is 0.0404. The highest BCUT2D eigenvalue weighted by Crippen LogP contribution is 2.20. The lowest BCUT2D eigenvalue weighted by atomic mass is 10.0. The van der Waals surface area contributed by atoms with E-state index in [9.17, 15) is 58.5 Å². The third-order valence-electron chi connectivity index (χ3n) is 8.89. The van der Waals surface area contributed by atoms with Crippen molar-refractivity contribution in [2.75, 3.05) is 19.7 Å². The van der Waals surface area contributed by atoms with Gasteiger partial charge in [-0.2, -0.15) is 0 Å². The molecule has 0 aromatic rings. The molecule has 0 aliphatic carbocycles. The second-order valence-corrected chi connectivity index (χ2v) is 14.9. The Morgan fingerprint density at radius 1 is 0.690 bits per heavy atom. The van der Waals surface area contributed by atoms with E-state index in [4.69, 9.17) is 22.3 Å². The summed E-state index contributed by atoms with van der Waals surface area (Å²) in [6, 6.07) is -9.89. The zero-order valence-electron chi connectivity index (χ0n) is 33.3. The molecule has 1 aliphatic heterocycles. The number of nitrogens with zero attached hydrogens (tertiary/aromatic N) is 2. The molecule has 58 heavy (non-hydrogen) atoms. The molecule has 0 aromatic carbocycles. The topological polar surface area (TPSA) is 388 Å². The van der Waals surface area contributed by atoms with Crippen LogP contribution >= 0.6 is 0 Å². The normalized spacial score (nSPS) is 16.8. The zero-order valence-corrected chi connectivity index (χ0v) is 33.3. The second-order valence-electron chi connectivity index (χ2n) is 14.9. The molecule has 1 aliphatic rings. The molecule has 0 spiro atoms. The number of amides is 6. The first-order valence-corrected chi connectivity index (χ1v) is 19.0. The summed E-state index contributed by atoms with van der Waals surface area (Å²) >= 11 is 0. The fourth-order valence-corrected chi connectivity index (χ4v) is 6.01. The number of aliphatic carboxylic acids is 3. The van der Waals surface area contributed by atoms with E-state index in [1.54, 1.807) is 27.7 Å². The van der Waals surface area contributed by atoms with E-state index in [0.29, 0.717) is 6.42 Å². The maximum atomic E-state index is 13.7. The Hall–Kier alpha value is -5.58. The van der Waals surface area contributed by atoms with Crippen molar-refractivity contribution in [1.29, 1.82) is 0 Å². The van der Waals surface area contributed by atoms with E-state index in [0.717, 1.165) is 0 Å². The number of aliphatic imine (C=N–C) groups is 1. The predicted octanol–water partition coefficient (Wildman–Crippen LogP) is -3.71. The molecule has 0 unspecified atom stereocenters. The molecule has 6 amide bonds. The number of hydrogen-bond acceptors (Lipinski definition) is 12. The molecule has 1 rings (SSSR count). The van der Waals surface area contributed by atoms with Gasteiger partial charge in [-0.25, -0.2) is 4.79 Å². The molecular formula is C35H60N10O13. The van der Waals surface area contributed by atoms with Gasteiger partial charge in [0.15, 0.2) is 5.96 Å². The molecule has 0 radical (unpaired) electrons. The van der Waals surface area contributed by atoms with Crippen LogP contribution in [0.3, 0.4) is 0 Å². The number of nitrogens with one attached hydrogen (secondary N) is 5. The maximum Gasteiger partial charge on any atom is 0.326 e. The predicted molar refractivity (Wildman–Crippen MR) is 205 cm³/mol. The number of nitrogens with two attached hydrogens (primary N) is 3. The third-order valence-corrected chi connectivity index (χ3v) is 8.89. The number of carboxylic acid groups (broad SMARTS) is 3. The maximum absolute atomic E-state index is 13.7. The van der Waals surface area contributed by atoms with Gasteiger partial charge in [-0.15, -0.1) is 0 Å². The molecule has 15 N–H and O–H groups in total. The van der Waals surface area contributed by atoms with E-state index in [1.807, 2.05) is 0 Å². The van der Waals surface area contributed by atoms with Crippen LogP contribution in [-0.4, -0.2) is 147 Å².